The average molecular weight is 279 g/mol. The highest BCUT2D eigenvalue weighted by Gasteiger charge is 2.14. The molecule has 2 nitrogen and oxygen atoms in total. The molecule has 2 aromatic rings. The Hall–Kier alpha value is -1.45. The third kappa shape index (κ3) is 3.31. The molecule has 2 rings (SSSR count). The van der Waals surface area contributed by atoms with Crippen LogP contribution < -0.4 is 5.32 Å². The summed E-state index contributed by atoms with van der Waals surface area (Å²) in [6.45, 7) is 1.95. The van der Waals surface area contributed by atoms with Gasteiger partial charge in [-0.2, -0.15) is 0 Å². The SMILES string of the molecule is CNC(Cc1cccc(F)c1Cl)c1ccc(C)nc1. The molecule has 100 valence electrons. The number of benzene rings is 1. The summed E-state index contributed by atoms with van der Waals surface area (Å²) in [4.78, 5) is 4.28. The third-order valence-corrected chi connectivity index (χ3v) is 3.56. The molecule has 0 radical (unpaired) electrons. The molecule has 0 saturated carbocycles. The van der Waals surface area contributed by atoms with Crippen molar-refractivity contribution in [1.82, 2.24) is 10.3 Å². The summed E-state index contributed by atoms with van der Waals surface area (Å²) in [5.74, 6) is -0.379. The Morgan fingerprint density at radius 3 is 2.74 bits per heavy atom. The predicted molar refractivity (Wildman–Crippen MR) is 75.9 cm³/mol. The predicted octanol–water partition coefficient (Wildman–Crippen LogP) is 3.69. The largest absolute Gasteiger partial charge is 0.313 e. The van der Waals surface area contributed by atoms with Crippen LogP contribution in [0.3, 0.4) is 0 Å². The number of rotatable bonds is 4. The van der Waals surface area contributed by atoms with Crippen LogP contribution in [0.15, 0.2) is 36.5 Å². The summed E-state index contributed by atoms with van der Waals surface area (Å²) in [6.07, 6.45) is 2.46. The Bertz CT molecular complexity index is 555. The van der Waals surface area contributed by atoms with Crippen LogP contribution in [0.4, 0.5) is 4.39 Å². The number of hydrogen-bond acceptors (Lipinski definition) is 2. The molecule has 19 heavy (non-hydrogen) atoms. The number of nitrogens with one attached hydrogen (secondary N) is 1. The molecule has 1 unspecified atom stereocenters. The van der Waals surface area contributed by atoms with E-state index in [0.717, 1.165) is 16.8 Å². The maximum atomic E-state index is 13.4. The van der Waals surface area contributed by atoms with Crippen molar-refractivity contribution >= 4 is 11.6 Å². The van der Waals surface area contributed by atoms with Crippen LogP contribution in [-0.4, -0.2) is 12.0 Å². The van der Waals surface area contributed by atoms with E-state index < -0.39 is 0 Å². The van der Waals surface area contributed by atoms with Crippen LogP contribution in [0.2, 0.25) is 5.02 Å². The lowest BCUT2D eigenvalue weighted by molar-refractivity contribution is 0.582. The zero-order valence-electron chi connectivity index (χ0n) is 11.0. The van der Waals surface area contributed by atoms with Crippen molar-refractivity contribution < 1.29 is 4.39 Å². The van der Waals surface area contributed by atoms with Crippen molar-refractivity contribution in [3.63, 3.8) is 0 Å². The first kappa shape index (κ1) is 14.0. The molecule has 0 spiro atoms. The van der Waals surface area contributed by atoms with Crippen molar-refractivity contribution in [2.45, 2.75) is 19.4 Å². The number of nitrogens with zero attached hydrogens (tertiary/aromatic N) is 1. The van der Waals surface area contributed by atoms with Crippen LogP contribution in [0.1, 0.15) is 22.9 Å². The van der Waals surface area contributed by atoms with Gasteiger partial charge in [0.05, 0.1) is 5.02 Å². The van der Waals surface area contributed by atoms with Crippen LogP contribution >= 0.6 is 11.6 Å². The average Bonchev–Trinajstić information content (AvgIpc) is 2.42. The minimum absolute atomic E-state index is 0.0624. The smallest absolute Gasteiger partial charge is 0.142 e. The first-order valence-electron chi connectivity index (χ1n) is 6.14. The lowest BCUT2D eigenvalue weighted by atomic mass is 10.00. The second-order valence-electron chi connectivity index (χ2n) is 4.49. The minimum atomic E-state index is -0.379. The summed E-state index contributed by atoms with van der Waals surface area (Å²) in [5.41, 5.74) is 2.83. The van der Waals surface area contributed by atoms with Gasteiger partial charge in [-0.25, -0.2) is 4.39 Å². The Morgan fingerprint density at radius 1 is 1.32 bits per heavy atom. The normalized spacial score (nSPS) is 12.4. The summed E-state index contributed by atoms with van der Waals surface area (Å²) >= 11 is 5.99. The fourth-order valence-electron chi connectivity index (χ4n) is 2.00. The van der Waals surface area contributed by atoms with E-state index in [1.165, 1.54) is 6.07 Å². The lowest BCUT2D eigenvalue weighted by Crippen LogP contribution is -2.19. The Morgan fingerprint density at radius 2 is 2.11 bits per heavy atom. The molecule has 1 aromatic carbocycles. The first-order valence-corrected chi connectivity index (χ1v) is 6.52. The van der Waals surface area contributed by atoms with Gasteiger partial charge in [0.1, 0.15) is 5.82 Å². The van der Waals surface area contributed by atoms with Gasteiger partial charge in [-0.1, -0.05) is 29.8 Å². The molecule has 1 N–H and O–H groups in total. The number of halogens is 2. The second kappa shape index (κ2) is 6.13. The molecule has 0 fully saturated rings. The second-order valence-corrected chi connectivity index (χ2v) is 4.87. The van der Waals surface area contributed by atoms with Gasteiger partial charge < -0.3 is 5.32 Å². The fraction of sp³-hybridized carbons (Fsp3) is 0.267. The van der Waals surface area contributed by atoms with Gasteiger partial charge in [0.15, 0.2) is 0 Å². The summed E-state index contributed by atoms with van der Waals surface area (Å²) in [5, 5.41) is 3.41. The van der Waals surface area contributed by atoms with E-state index in [0.29, 0.717) is 6.42 Å². The molecule has 0 bridgehead atoms. The van der Waals surface area contributed by atoms with Gasteiger partial charge in [0.25, 0.3) is 0 Å². The van der Waals surface area contributed by atoms with Crippen molar-refractivity contribution in [1.29, 1.82) is 0 Å². The fourth-order valence-corrected chi connectivity index (χ4v) is 2.20. The van der Waals surface area contributed by atoms with E-state index in [9.17, 15) is 4.39 Å². The van der Waals surface area contributed by atoms with Crippen LogP contribution in [0, 0.1) is 12.7 Å². The molecule has 0 aliphatic carbocycles. The van der Waals surface area contributed by atoms with Crippen molar-refractivity contribution in [3.05, 3.63) is 64.2 Å². The highest BCUT2D eigenvalue weighted by molar-refractivity contribution is 6.31. The quantitative estimate of drug-likeness (QED) is 0.923. The maximum absolute atomic E-state index is 13.4. The number of pyridine rings is 1. The highest BCUT2D eigenvalue weighted by Crippen LogP contribution is 2.25. The summed E-state index contributed by atoms with van der Waals surface area (Å²) < 4.78 is 13.4. The number of aromatic nitrogens is 1. The molecular weight excluding hydrogens is 263 g/mol. The van der Waals surface area contributed by atoms with E-state index in [1.807, 2.05) is 38.4 Å². The van der Waals surface area contributed by atoms with Gasteiger partial charge in [0.2, 0.25) is 0 Å². The van der Waals surface area contributed by atoms with Gasteiger partial charge in [-0.05, 0) is 43.7 Å². The van der Waals surface area contributed by atoms with Gasteiger partial charge in [0, 0.05) is 17.9 Å². The minimum Gasteiger partial charge on any atom is -0.313 e. The Balaban J connectivity index is 2.24. The monoisotopic (exact) mass is 278 g/mol. The molecule has 0 aliphatic heterocycles. The molecule has 4 heteroatoms. The van der Waals surface area contributed by atoms with Crippen LogP contribution in [0.25, 0.3) is 0 Å². The van der Waals surface area contributed by atoms with Gasteiger partial charge in [-0.15, -0.1) is 0 Å². The van der Waals surface area contributed by atoms with Crippen molar-refractivity contribution in [2.24, 2.45) is 0 Å². The third-order valence-electron chi connectivity index (χ3n) is 3.14. The topological polar surface area (TPSA) is 24.9 Å². The van der Waals surface area contributed by atoms with Gasteiger partial charge >= 0.3 is 0 Å². The molecule has 1 heterocycles. The zero-order chi connectivity index (χ0) is 13.8. The number of hydrogen-bond donors (Lipinski definition) is 1. The van der Waals surface area contributed by atoms with Crippen LogP contribution in [0.5, 0.6) is 0 Å². The zero-order valence-corrected chi connectivity index (χ0v) is 11.7. The van der Waals surface area contributed by atoms with Crippen molar-refractivity contribution in [2.75, 3.05) is 7.05 Å². The van der Waals surface area contributed by atoms with Crippen LogP contribution in [-0.2, 0) is 6.42 Å². The van der Waals surface area contributed by atoms with E-state index >= 15 is 0 Å². The standard InChI is InChI=1S/C15H16ClFN2/c1-10-6-7-12(9-19-10)14(18-2)8-11-4-3-5-13(17)15(11)16/h3-7,9,14,18H,8H2,1-2H3. The highest BCUT2D eigenvalue weighted by atomic mass is 35.5. The molecule has 0 saturated heterocycles. The molecule has 0 aliphatic rings. The Kier molecular flexibility index (Phi) is 4.51. The lowest BCUT2D eigenvalue weighted by Gasteiger charge is -2.17. The maximum Gasteiger partial charge on any atom is 0.142 e. The first-order chi connectivity index (χ1) is 9.11. The molecule has 0 amide bonds. The van der Waals surface area contributed by atoms with E-state index in [-0.39, 0.29) is 16.9 Å². The van der Waals surface area contributed by atoms with Gasteiger partial charge in [-0.3, -0.25) is 4.98 Å². The number of aryl methyl sites for hydroxylation is 1. The van der Waals surface area contributed by atoms with E-state index in [2.05, 4.69) is 10.3 Å². The summed E-state index contributed by atoms with van der Waals surface area (Å²) in [7, 11) is 1.87. The molecule has 1 aromatic heterocycles. The Labute approximate surface area is 117 Å². The number of likely N-dealkylation sites (N-methyl/N-ethyl adjacent to an activating group) is 1. The molecule has 1 atom stereocenters. The summed E-state index contributed by atoms with van der Waals surface area (Å²) in [6, 6.07) is 8.94. The van der Waals surface area contributed by atoms with E-state index in [1.54, 1.807) is 6.07 Å². The molecular formula is C15H16ClFN2. The van der Waals surface area contributed by atoms with Crippen molar-refractivity contribution in [3.8, 4) is 0 Å². The van der Waals surface area contributed by atoms with E-state index in [4.69, 9.17) is 11.6 Å².